The lowest BCUT2D eigenvalue weighted by Crippen LogP contribution is -1.93. The lowest BCUT2D eigenvalue weighted by molar-refractivity contribution is 0.199. The highest BCUT2D eigenvalue weighted by atomic mass is 16.3. The molecule has 3 aromatic carbocycles. The molecule has 1 atom stereocenters. The zero-order valence-corrected chi connectivity index (χ0v) is 12.0. The van der Waals surface area contributed by atoms with Crippen LogP contribution in [0.25, 0.3) is 22.3 Å². The van der Waals surface area contributed by atoms with E-state index in [1.165, 1.54) is 16.7 Å². The van der Waals surface area contributed by atoms with Gasteiger partial charge in [0.2, 0.25) is 0 Å². The van der Waals surface area contributed by atoms with Crippen LogP contribution in [0, 0.1) is 0 Å². The van der Waals surface area contributed by atoms with Crippen molar-refractivity contribution >= 4 is 0 Å². The molecule has 1 N–H and O–H groups in total. The van der Waals surface area contributed by atoms with Crippen molar-refractivity contribution in [2.24, 2.45) is 0 Å². The number of benzene rings is 3. The monoisotopic (exact) mass is 274 g/mol. The normalized spacial score (nSPS) is 12.1. The molecule has 0 saturated carbocycles. The van der Waals surface area contributed by atoms with Crippen LogP contribution in [0.2, 0.25) is 0 Å². The highest BCUT2D eigenvalue weighted by Gasteiger charge is 2.10. The molecule has 0 saturated heterocycles. The van der Waals surface area contributed by atoms with Gasteiger partial charge in [0.05, 0.1) is 6.10 Å². The minimum absolute atomic E-state index is 0.461. The molecule has 3 rings (SSSR count). The Bertz CT molecular complexity index is 715. The predicted molar refractivity (Wildman–Crippen MR) is 87.9 cm³/mol. The van der Waals surface area contributed by atoms with Crippen LogP contribution in [0.4, 0.5) is 0 Å². The second-order valence-corrected chi connectivity index (χ2v) is 5.21. The van der Waals surface area contributed by atoms with E-state index in [4.69, 9.17) is 0 Å². The lowest BCUT2D eigenvalue weighted by Gasteiger charge is -2.14. The summed E-state index contributed by atoms with van der Waals surface area (Å²) in [4.78, 5) is 0. The molecule has 0 spiro atoms. The van der Waals surface area contributed by atoms with Gasteiger partial charge in [0.15, 0.2) is 0 Å². The average molecular weight is 274 g/mol. The molecular formula is C20H18O. The molecule has 104 valence electrons. The molecule has 0 amide bonds. The Hall–Kier alpha value is -2.38. The molecule has 21 heavy (non-hydrogen) atoms. The zero-order valence-electron chi connectivity index (χ0n) is 12.0. The van der Waals surface area contributed by atoms with Crippen molar-refractivity contribution in [3.8, 4) is 22.3 Å². The van der Waals surface area contributed by atoms with E-state index in [0.717, 1.165) is 11.1 Å². The van der Waals surface area contributed by atoms with Gasteiger partial charge in [-0.05, 0) is 40.8 Å². The van der Waals surface area contributed by atoms with Gasteiger partial charge in [-0.15, -0.1) is 0 Å². The van der Waals surface area contributed by atoms with E-state index >= 15 is 0 Å². The molecule has 0 fully saturated rings. The van der Waals surface area contributed by atoms with Gasteiger partial charge in [0, 0.05) is 0 Å². The minimum atomic E-state index is -0.461. The Kier molecular flexibility index (Phi) is 3.85. The zero-order chi connectivity index (χ0) is 14.7. The average Bonchev–Trinajstić information content (AvgIpc) is 2.56. The van der Waals surface area contributed by atoms with Crippen molar-refractivity contribution in [3.63, 3.8) is 0 Å². The first kappa shape index (κ1) is 13.6. The molecule has 0 unspecified atom stereocenters. The van der Waals surface area contributed by atoms with Crippen molar-refractivity contribution in [3.05, 3.63) is 84.4 Å². The van der Waals surface area contributed by atoms with Crippen molar-refractivity contribution in [2.75, 3.05) is 0 Å². The molecule has 0 heterocycles. The van der Waals surface area contributed by atoms with Gasteiger partial charge in [0.25, 0.3) is 0 Å². The summed E-state index contributed by atoms with van der Waals surface area (Å²) >= 11 is 0. The summed E-state index contributed by atoms with van der Waals surface area (Å²) in [7, 11) is 0. The summed E-state index contributed by atoms with van der Waals surface area (Å²) in [6.45, 7) is 1.80. The second-order valence-electron chi connectivity index (χ2n) is 5.21. The third-order valence-corrected chi connectivity index (χ3v) is 3.70. The maximum absolute atomic E-state index is 9.86. The maximum atomic E-state index is 9.86. The number of aliphatic hydroxyl groups is 1. The van der Waals surface area contributed by atoms with E-state index < -0.39 is 6.10 Å². The maximum Gasteiger partial charge on any atom is 0.0762 e. The van der Waals surface area contributed by atoms with E-state index in [0.29, 0.717) is 0 Å². The largest absolute Gasteiger partial charge is 0.389 e. The first-order valence-electron chi connectivity index (χ1n) is 7.18. The molecule has 1 heteroatoms. The topological polar surface area (TPSA) is 20.2 Å². The molecule has 0 aliphatic heterocycles. The van der Waals surface area contributed by atoms with Gasteiger partial charge in [-0.3, -0.25) is 0 Å². The summed E-state index contributed by atoms with van der Waals surface area (Å²) in [5, 5.41) is 9.86. The summed E-state index contributed by atoms with van der Waals surface area (Å²) in [5.74, 6) is 0. The van der Waals surface area contributed by atoms with Crippen LogP contribution in [0.15, 0.2) is 78.9 Å². The van der Waals surface area contributed by atoms with Crippen LogP contribution in [0.3, 0.4) is 0 Å². The van der Waals surface area contributed by atoms with Crippen LogP contribution in [-0.4, -0.2) is 5.11 Å². The molecule has 0 aromatic heterocycles. The molecule has 0 radical (unpaired) electrons. The highest BCUT2D eigenvalue weighted by molar-refractivity contribution is 5.83. The molecule has 0 aliphatic rings. The standard InChI is InChI=1S/C20H18O/c1-15(21)18-12-13-19(16-8-4-2-5-9-16)20(14-18)17-10-6-3-7-11-17/h2-15,21H,1H3/t15-/m0/s1. The van der Waals surface area contributed by atoms with Crippen molar-refractivity contribution in [1.29, 1.82) is 0 Å². The van der Waals surface area contributed by atoms with E-state index in [9.17, 15) is 5.11 Å². The Morgan fingerprint density at radius 3 is 1.71 bits per heavy atom. The first-order valence-corrected chi connectivity index (χ1v) is 7.18. The fourth-order valence-corrected chi connectivity index (χ4v) is 2.55. The Morgan fingerprint density at radius 1 is 0.667 bits per heavy atom. The number of aliphatic hydroxyl groups excluding tert-OH is 1. The Morgan fingerprint density at radius 2 is 1.19 bits per heavy atom. The smallest absolute Gasteiger partial charge is 0.0762 e. The summed E-state index contributed by atoms with van der Waals surface area (Å²) < 4.78 is 0. The first-order chi connectivity index (χ1) is 10.3. The quantitative estimate of drug-likeness (QED) is 0.706. The summed E-state index contributed by atoms with van der Waals surface area (Å²) in [5.41, 5.74) is 5.63. The molecule has 0 aliphatic carbocycles. The minimum Gasteiger partial charge on any atom is -0.389 e. The van der Waals surface area contributed by atoms with Crippen molar-refractivity contribution in [1.82, 2.24) is 0 Å². The molecule has 0 bridgehead atoms. The molecular weight excluding hydrogens is 256 g/mol. The number of hydrogen-bond acceptors (Lipinski definition) is 1. The third kappa shape index (κ3) is 2.88. The summed E-state index contributed by atoms with van der Waals surface area (Å²) in [6.07, 6.45) is -0.461. The van der Waals surface area contributed by atoms with Gasteiger partial charge in [-0.1, -0.05) is 72.8 Å². The Labute approximate surface area is 125 Å². The van der Waals surface area contributed by atoms with Gasteiger partial charge in [-0.25, -0.2) is 0 Å². The van der Waals surface area contributed by atoms with Crippen LogP contribution in [0.5, 0.6) is 0 Å². The van der Waals surface area contributed by atoms with E-state index in [1.807, 2.05) is 42.5 Å². The number of rotatable bonds is 3. The van der Waals surface area contributed by atoms with Crippen LogP contribution in [-0.2, 0) is 0 Å². The van der Waals surface area contributed by atoms with Crippen LogP contribution in [0.1, 0.15) is 18.6 Å². The second kappa shape index (κ2) is 5.94. The van der Waals surface area contributed by atoms with Crippen molar-refractivity contribution < 1.29 is 5.11 Å². The lowest BCUT2D eigenvalue weighted by atomic mass is 9.92. The van der Waals surface area contributed by atoms with E-state index in [-0.39, 0.29) is 0 Å². The molecule has 3 aromatic rings. The van der Waals surface area contributed by atoms with Crippen LogP contribution < -0.4 is 0 Å². The number of hydrogen-bond donors (Lipinski definition) is 1. The fourth-order valence-electron chi connectivity index (χ4n) is 2.55. The van der Waals surface area contributed by atoms with Crippen LogP contribution >= 0.6 is 0 Å². The van der Waals surface area contributed by atoms with E-state index in [2.05, 4.69) is 36.4 Å². The third-order valence-electron chi connectivity index (χ3n) is 3.70. The van der Waals surface area contributed by atoms with Gasteiger partial charge >= 0.3 is 0 Å². The fraction of sp³-hybridized carbons (Fsp3) is 0.100. The van der Waals surface area contributed by atoms with E-state index in [1.54, 1.807) is 6.92 Å². The van der Waals surface area contributed by atoms with Gasteiger partial charge < -0.3 is 5.11 Å². The molecule has 1 nitrogen and oxygen atoms in total. The predicted octanol–water partition coefficient (Wildman–Crippen LogP) is 5.07. The van der Waals surface area contributed by atoms with Gasteiger partial charge in [0.1, 0.15) is 0 Å². The summed E-state index contributed by atoms with van der Waals surface area (Å²) in [6, 6.07) is 26.8. The SMILES string of the molecule is C[C@H](O)c1ccc(-c2ccccc2)c(-c2ccccc2)c1. The van der Waals surface area contributed by atoms with Crippen molar-refractivity contribution in [2.45, 2.75) is 13.0 Å². The Balaban J connectivity index is 2.21. The van der Waals surface area contributed by atoms with Gasteiger partial charge in [-0.2, -0.15) is 0 Å². The highest BCUT2D eigenvalue weighted by Crippen LogP contribution is 2.34.